The van der Waals surface area contributed by atoms with Crippen LogP contribution in [0.4, 0.5) is 11.4 Å². The Morgan fingerprint density at radius 3 is 2.25 bits per heavy atom. The molecule has 1 saturated heterocycles. The highest BCUT2D eigenvalue weighted by Gasteiger charge is 2.35. The molecule has 186 valence electrons. The third-order valence-electron chi connectivity index (χ3n) is 5.37. The molecule has 0 unspecified atom stereocenters. The Morgan fingerprint density at radius 1 is 1.00 bits per heavy atom. The first-order valence-electron chi connectivity index (χ1n) is 11.1. The molecule has 0 aliphatic carbocycles. The number of carbonyl (C=O) groups is 1. The number of halogens is 4. The van der Waals surface area contributed by atoms with E-state index in [1.54, 1.807) is 17.0 Å². The van der Waals surface area contributed by atoms with Crippen LogP contribution in [0.15, 0.2) is 67.4 Å². The molecule has 4 nitrogen and oxygen atoms in total. The number of aryl methyl sites for hydroxylation is 2. The number of carbonyl (C=O) groups excluding carboxylic acids is 1. The Morgan fingerprint density at radius 2 is 1.64 bits per heavy atom. The van der Waals surface area contributed by atoms with Crippen LogP contribution in [0.5, 0.6) is 5.75 Å². The van der Waals surface area contributed by atoms with Crippen LogP contribution in [0.2, 0.25) is 10.0 Å². The number of amidine groups is 1. The van der Waals surface area contributed by atoms with E-state index >= 15 is 0 Å². The maximum absolute atomic E-state index is 13.6. The van der Waals surface area contributed by atoms with Crippen molar-refractivity contribution in [3.05, 3.63) is 89.1 Å². The van der Waals surface area contributed by atoms with Crippen LogP contribution in [0.25, 0.3) is 6.08 Å². The number of thioether (sulfide) groups is 1. The zero-order valence-corrected chi connectivity index (χ0v) is 25.2. The molecule has 0 spiro atoms. The molecule has 36 heavy (non-hydrogen) atoms. The van der Waals surface area contributed by atoms with Crippen molar-refractivity contribution in [3.8, 4) is 5.75 Å². The number of benzene rings is 3. The predicted octanol–water partition coefficient (Wildman–Crippen LogP) is 9.73. The minimum atomic E-state index is -0.185. The molecular formula is C27H22Br2Cl2N2O2S. The summed E-state index contributed by atoms with van der Waals surface area (Å²) in [6, 6.07) is 15.0. The minimum Gasteiger partial charge on any atom is -0.491 e. The van der Waals surface area contributed by atoms with Crippen LogP contribution in [-0.4, -0.2) is 17.7 Å². The second-order valence-corrected chi connectivity index (χ2v) is 11.7. The summed E-state index contributed by atoms with van der Waals surface area (Å²) < 4.78 is 7.43. The molecule has 4 rings (SSSR count). The van der Waals surface area contributed by atoms with Gasteiger partial charge in [-0.1, -0.05) is 42.3 Å². The van der Waals surface area contributed by atoms with Crippen molar-refractivity contribution in [3.63, 3.8) is 0 Å². The van der Waals surface area contributed by atoms with E-state index in [-0.39, 0.29) is 5.91 Å². The fraction of sp³-hybridized carbons (Fsp3) is 0.185. The largest absolute Gasteiger partial charge is 0.491 e. The van der Waals surface area contributed by atoms with Crippen LogP contribution in [0.3, 0.4) is 0 Å². The normalized spacial score (nSPS) is 15.9. The first-order valence-corrected chi connectivity index (χ1v) is 14.3. The first kappa shape index (κ1) is 27.3. The van der Waals surface area contributed by atoms with Gasteiger partial charge < -0.3 is 4.74 Å². The summed E-state index contributed by atoms with van der Waals surface area (Å²) in [6.07, 6.45) is 2.75. The molecule has 0 saturated carbocycles. The van der Waals surface area contributed by atoms with Gasteiger partial charge >= 0.3 is 0 Å². The third-order valence-corrected chi connectivity index (χ3v) is 8.33. The molecule has 1 aliphatic rings. The van der Waals surface area contributed by atoms with E-state index in [0.29, 0.717) is 38.1 Å². The van der Waals surface area contributed by atoms with Crippen molar-refractivity contribution < 1.29 is 9.53 Å². The lowest BCUT2D eigenvalue weighted by molar-refractivity contribution is -0.113. The number of hydrogen-bond donors (Lipinski definition) is 0. The zero-order chi connectivity index (χ0) is 26.0. The van der Waals surface area contributed by atoms with Gasteiger partial charge in [-0.05, 0) is 123 Å². The fourth-order valence-corrected chi connectivity index (χ4v) is 6.22. The lowest BCUT2D eigenvalue weighted by Gasteiger charge is -2.16. The summed E-state index contributed by atoms with van der Waals surface area (Å²) in [5.41, 5.74) is 4.04. The third kappa shape index (κ3) is 6.03. The summed E-state index contributed by atoms with van der Waals surface area (Å²) in [6.45, 7) is 6.53. The highest BCUT2D eigenvalue weighted by Crippen LogP contribution is 2.40. The molecule has 1 aliphatic heterocycles. The van der Waals surface area contributed by atoms with E-state index in [4.69, 9.17) is 32.9 Å². The average Bonchev–Trinajstić information content (AvgIpc) is 3.12. The van der Waals surface area contributed by atoms with E-state index in [9.17, 15) is 4.79 Å². The molecule has 1 amide bonds. The van der Waals surface area contributed by atoms with Crippen LogP contribution < -0.4 is 9.64 Å². The van der Waals surface area contributed by atoms with Crippen LogP contribution >= 0.6 is 66.8 Å². The van der Waals surface area contributed by atoms with Gasteiger partial charge in [-0.25, -0.2) is 4.99 Å². The number of nitrogens with zero attached hydrogens (tertiary/aromatic N) is 2. The van der Waals surface area contributed by atoms with E-state index in [1.165, 1.54) is 11.8 Å². The second kappa shape index (κ2) is 11.7. The van der Waals surface area contributed by atoms with Gasteiger partial charge in [0.1, 0.15) is 5.75 Å². The van der Waals surface area contributed by atoms with Gasteiger partial charge in [0.25, 0.3) is 5.91 Å². The Labute approximate surface area is 242 Å². The van der Waals surface area contributed by atoms with Crippen LogP contribution in [-0.2, 0) is 4.79 Å². The fourth-order valence-electron chi connectivity index (χ4n) is 3.42. The minimum absolute atomic E-state index is 0.185. The molecule has 3 aromatic carbocycles. The van der Waals surface area contributed by atoms with E-state index in [2.05, 4.69) is 38.8 Å². The Kier molecular flexibility index (Phi) is 8.89. The molecule has 0 radical (unpaired) electrons. The predicted molar refractivity (Wildman–Crippen MR) is 160 cm³/mol. The molecule has 1 heterocycles. The molecule has 0 N–H and O–H groups in total. The summed E-state index contributed by atoms with van der Waals surface area (Å²) in [5.74, 6) is 0.550. The van der Waals surface area contributed by atoms with Crippen molar-refractivity contribution in [2.75, 3.05) is 11.5 Å². The highest BCUT2D eigenvalue weighted by molar-refractivity contribution is 9.11. The van der Waals surface area contributed by atoms with Gasteiger partial charge in [-0.15, -0.1) is 0 Å². The first-order chi connectivity index (χ1) is 17.2. The number of ether oxygens (including phenoxy) is 1. The Hall–Kier alpha value is -1.77. The molecule has 0 atom stereocenters. The summed E-state index contributed by atoms with van der Waals surface area (Å²) >= 11 is 21.2. The summed E-state index contributed by atoms with van der Waals surface area (Å²) in [5, 5.41) is 1.72. The maximum atomic E-state index is 13.6. The van der Waals surface area contributed by atoms with E-state index in [1.807, 2.05) is 56.3 Å². The lowest BCUT2D eigenvalue weighted by Crippen LogP contribution is -2.28. The summed E-state index contributed by atoms with van der Waals surface area (Å²) in [4.78, 5) is 20.5. The van der Waals surface area contributed by atoms with Gasteiger partial charge in [0.05, 0.1) is 31.8 Å². The maximum Gasteiger partial charge on any atom is 0.271 e. The van der Waals surface area contributed by atoms with E-state index < -0.39 is 0 Å². The molecule has 0 aromatic heterocycles. The van der Waals surface area contributed by atoms with Crippen LogP contribution in [0, 0.1) is 13.8 Å². The Bertz CT molecular complexity index is 1390. The summed E-state index contributed by atoms with van der Waals surface area (Å²) in [7, 11) is 0. The monoisotopic (exact) mass is 666 g/mol. The smallest absolute Gasteiger partial charge is 0.271 e. The van der Waals surface area contributed by atoms with Crippen molar-refractivity contribution in [2.45, 2.75) is 27.2 Å². The van der Waals surface area contributed by atoms with Gasteiger partial charge in [0, 0.05) is 10.0 Å². The van der Waals surface area contributed by atoms with Crippen LogP contribution in [0.1, 0.15) is 30.0 Å². The van der Waals surface area contributed by atoms with Gasteiger partial charge in [0.2, 0.25) is 0 Å². The zero-order valence-electron chi connectivity index (χ0n) is 19.7. The molecule has 1 fully saturated rings. The number of anilines is 1. The van der Waals surface area contributed by atoms with Crippen molar-refractivity contribution in [1.29, 1.82) is 0 Å². The molecule has 3 aromatic rings. The number of rotatable bonds is 6. The Balaban J connectivity index is 1.77. The molecular weight excluding hydrogens is 647 g/mol. The number of hydrogen-bond acceptors (Lipinski definition) is 4. The lowest BCUT2D eigenvalue weighted by atomic mass is 10.2. The highest BCUT2D eigenvalue weighted by atomic mass is 79.9. The van der Waals surface area contributed by atoms with Crippen molar-refractivity contribution in [1.82, 2.24) is 0 Å². The average molecular weight is 669 g/mol. The molecule has 9 heteroatoms. The number of amides is 1. The van der Waals surface area contributed by atoms with E-state index in [0.717, 1.165) is 37.8 Å². The SMILES string of the molecule is CCCOc1c(Br)cc(/C=C2/SC(=Nc3ccc(C)c(Cl)c3)N(c3ccc(C)c(Cl)c3)C2=O)cc1Br. The van der Waals surface area contributed by atoms with Gasteiger partial charge in [-0.2, -0.15) is 0 Å². The van der Waals surface area contributed by atoms with Crippen molar-refractivity contribution >= 4 is 95.3 Å². The number of aliphatic imine (C=N–C) groups is 1. The quantitative estimate of drug-likeness (QED) is 0.246. The van der Waals surface area contributed by atoms with Gasteiger partial charge in [0.15, 0.2) is 5.17 Å². The molecule has 0 bridgehead atoms. The second-order valence-electron chi connectivity index (χ2n) is 8.17. The standard InChI is InChI=1S/C27H22Br2Cl2N2O2S/c1-4-9-35-25-20(28)10-17(11-21(25)29)12-24-26(34)33(19-8-6-16(3)23(31)14-19)27(36-24)32-18-7-5-15(2)22(30)13-18/h5-8,10-14H,4,9H2,1-3H3/b24-12+,32-27?. The van der Waals surface area contributed by atoms with Gasteiger partial charge in [-0.3, -0.25) is 9.69 Å². The van der Waals surface area contributed by atoms with Crippen molar-refractivity contribution in [2.24, 2.45) is 4.99 Å². The topological polar surface area (TPSA) is 41.9 Å².